The van der Waals surface area contributed by atoms with Crippen molar-refractivity contribution in [2.75, 3.05) is 7.05 Å². The van der Waals surface area contributed by atoms with Gasteiger partial charge in [-0.3, -0.25) is 0 Å². The maximum absolute atomic E-state index is 13.9. The fourth-order valence-corrected chi connectivity index (χ4v) is 2.08. The molecule has 0 aliphatic rings. The Bertz CT molecular complexity index is 599. The van der Waals surface area contributed by atoms with E-state index in [-0.39, 0.29) is 6.04 Å². The molecule has 1 heterocycles. The minimum absolute atomic E-state index is 0.380. The van der Waals surface area contributed by atoms with E-state index in [4.69, 9.17) is 0 Å². The van der Waals surface area contributed by atoms with Crippen LogP contribution in [0.25, 0.3) is 0 Å². The lowest BCUT2D eigenvalue weighted by atomic mass is 9.97. The molecule has 0 aliphatic carbocycles. The molecular weight excluding hydrogens is 248 g/mol. The number of rotatable bonds is 3. The van der Waals surface area contributed by atoms with E-state index in [1.807, 2.05) is 19.9 Å². The molecule has 1 N–H and O–H groups in total. The van der Waals surface area contributed by atoms with Gasteiger partial charge in [0, 0.05) is 11.6 Å². The molecule has 2 aromatic rings. The molecule has 2 rings (SSSR count). The van der Waals surface area contributed by atoms with Crippen molar-refractivity contribution in [1.82, 2.24) is 15.5 Å². The summed E-state index contributed by atoms with van der Waals surface area (Å²) in [6.07, 6.45) is 0. The lowest BCUT2D eigenvalue weighted by Crippen LogP contribution is -2.21. The van der Waals surface area contributed by atoms with Crippen molar-refractivity contribution in [3.05, 3.63) is 58.4 Å². The van der Waals surface area contributed by atoms with Crippen LogP contribution in [0.5, 0.6) is 0 Å². The summed E-state index contributed by atoms with van der Waals surface area (Å²) >= 11 is 0. The fourth-order valence-electron chi connectivity index (χ4n) is 2.08. The van der Waals surface area contributed by atoms with E-state index < -0.39 is 11.6 Å². The topological polar surface area (TPSA) is 37.8 Å². The zero-order chi connectivity index (χ0) is 14.0. The summed E-state index contributed by atoms with van der Waals surface area (Å²) in [5.74, 6) is -1.16. The predicted octanol–water partition coefficient (Wildman–Crippen LogP) is 2.68. The van der Waals surface area contributed by atoms with Gasteiger partial charge in [0.15, 0.2) is 0 Å². The van der Waals surface area contributed by atoms with Crippen LogP contribution >= 0.6 is 0 Å². The van der Waals surface area contributed by atoms with Gasteiger partial charge in [-0.05, 0) is 38.6 Å². The van der Waals surface area contributed by atoms with Gasteiger partial charge in [-0.15, -0.1) is 0 Å². The number of aromatic nitrogens is 2. The number of aryl methyl sites for hydroxylation is 2. The molecule has 1 aromatic carbocycles. The van der Waals surface area contributed by atoms with Crippen molar-refractivity contribution < 1.29 is 8.78 Å². The van der Waals surface area contributed by atoms with E-state index in [0.717, 1.165) is 17.3 Å². The van der Waals surface area contributed by atoms with Gasteiger partial charge >= 0.3 is 0 Å². The molecule has 1 aromatic heterocycles. The molecule has 19 heavy (non-hydrogen) atoms. The van der Waals surface area contributed by atoms with Gasteiger partial charge in [0.2, 0.25) is 0 Å². The quantitative estimate of drug-likeness (QED) is 0.925. The fraction of sp³-hybridized carbons (Fsp3) is 0.286. The SMILES string of the molecule is CNC(c1ccc(F)cc1F)c1cc(C)nnc1C. The number of nitrogens with one attached hydrogen (secondary N) is 1. The number of hydrogen-bond donors (Lipinski definition) is 1. The van der Waals surface area contributed by atoms with E-state index in [0.29, 0.717) is 11.3 Å². The maximum Gasteiger partial charge on any atom is 0.131 e. The first kappa shape index (κ1) is 13.5. The molecule has 0 bridgehead atoms. The first-order valence-corrected chi connectivity index (χ1v) is 5.96. The van der Waals surface area contributed by atoms with Crippen LogP contribution in [0.15, 0.2) is 24.3 Å². The molecule has 1 atom stereocenters. The Morgan fingerprint density at radius 3 is 2.42 bits per heavy atom. The molecule has 3 nitrogen and oxygen atoms in total. The third kappa shape index (κ3) is 2.76. The van der Waals surface area contributed by atoms with Crippen molar-refractivity contribution in [1.29, 1.82) is 0 Å². The van der Waals surface area contributed by atoms with Crippen LogP contribution in [0, 0.1) is 25.5 Å². The van der Waals surface area contributed by atoms with Gasteiger partial charge in [0.1, 0.15) is 11.6 Å². The highest BCUT2D eigenvalue weighted by Crippen LogP contribution is 2.26. The maximum atomic E-state index is 13.9. The first-order chi connectivity index (χ1) is 9.02. The molecule has 5 heteroatoms. The third-order valence-corrected chi connectivity index (χ3v) is 3.01. The Morgan fingerprint density at radius 2 is 1.79 bits per heavy atom. The summed E-state index contributed by atoms with van der Waals surface area (Å²) in [5, 5.41) is 11.0. The van der Waals surface area contributed by atoms with E-state index in [2.05, 4.69) is 15.5 Å². The molecule has 0 spiro atoms. The Hall–Kier alpha value is -1.88. The van der Waals surface area contributed by atoms with Crippen molar-refractivity contribution in [3.8, 4) is 0 Å². The average molecular weight is 263 g/mol. The zero-order valence-electron chi connectivity index (χ0n) is 11.0. The van der Waals surface area contributed by atoms with Crippen LogP contribution in [-0.2, 0) is 0 Å². The van der Waals surface area contributed by atoms with Gasteiger partial charge in [-0.25, -0.2) is 8.78 Å². The van der Waals surface area contributed by atoms with E-state index >= 15 is 0 Å². The molecule has 0 radical (unpaired) electrons. The predicted molar refractivity (Wildman–Crippen MR) is 68.8 cm³/mol. The molecule has 0 amide bonds. The van der Waals surface area contributed by atoms with Gasteiger partial charge < -0.3 is 5.32 Å². The number of nitrogens with zero attached hydrogens (tertiary/aromatic N) is 2. The summed E-state index contributed by atoms with van der Waals surface area (Å²) in [6.45, 7) is 3.64. The molecule has 0 saturated carbocycles. The van der Waals surface area contributed by atoms with E-state index in [1.54, 1.807) is 7.05 Å². The molecule has 0 saturated heterocycles. The summed E-state index contributed by atoms with van der Waals surface area (Å²) in [4.78, 5) is 0. The van der Waals surface area contributed by atoms with E-state index in [1.165, 1.54) is 12.1 Å². The third-order valence-electron chi connectivity index (χ3n) is 3.01. The Kier molecular flexibility index (Phi) is 3.85. The van der Waals surface area contributed by atoms with Crippen LogP contribution in [0.1, 0.15) is 28.6 Å². The van der Waals surface area contributed by atoms with Crippen molar-refractivity contribution in [3.63, 3.8) is 0 Å². The van der Waals surface area contributed by atoms with Crippen molar-refractivity contribution in [2.24, 2.45) is 0 Å². The van der Waals surface area contributed by atoms with Crippen LogP contribution in [0.3, 0.4) is 0 Å². The van der Waals surface area contributed by atoms with Crippen molar-refractivity contribution >= 4 is 0 Å². The van der Waals surface area contributed by atoms with Gasteiger partial charge in [-0.2, -0.15) is 10.2 Å². The summed E-state index contributed by atoms with van der Waals surface area (Å²) in [5.41, 5.74) is 2.69. The Labute approximate surface area is 110 Å². The molecule has 1 unspecified atom stereocenters. The first-order valence-electron chi connectivity index (χ1n) is 5.96. The smallest absolute Gasteiger partial charge is 0.131 e. The molecule has 100 valence electrons. The van der Waals surface area contributed by atoms with Crippen LogP contribution in [0.4, 0.5) is 8.78 Å². The van der Waals surface area contributed by atoms with Crippen LogP contribution < -0.4 is 5.32 Å². The standard InChI is InChI=1S/C14H15F2N3/c1-8-6-12(9(2)19-18-8)14(17-3)11-5-4-10(15)7-13(11)16/h4-7,14,17H,1-3H3. The largest absolute Gasteiger partial charge is 0.309 e. The van der Waals surface area contributed by atoms with E-state index in [9.17, 15) is 8.78 Å². The second-order valence-electron chi connectivity index (χ2n) is 4.41. The highest BCUT2D eigenvalue weighted by molar-refractivity contribution is 5.35. The summed E-state index contributed by atoms with van der Waals surface area (Å²) in [6, 6.07) is 5.05. The number of halogens is 2. The van der Waals surface area contributed by atoms with Gasteiger partial charge in [-0.1, -0.05) is 6.07 Å². The lowest BCUT2D eigenvalue weighted by molar-refractivity contribution is 0.550. The highest BCUT2D eigenvalue weighted by Gasteiger charge is 2.19. The Balaban J connectivity index is 2.52. The monoisotopic (exact) mass is 263 g/mol. The van der Waals surface area contributed by atoms with Gasteiger partial charge in [0.25, 0.3) is 0 Å². The Morgan fingerprint density at radius 1 is 1.05 bits per heavy atom. The summed E-state index contributed by atoms with van der Waals surface area (Å²) in [7, 11) is 1.72. The van der Waals surface area contributed by atoms with Crippen molar-refractivity contribution in [2.45, 2.75) is 19.9 Å². The second-order valence-corrected chi connectivity index (χ2v) is 4.41. The molecule has 0 aliphatic heterocycles. The number of hydrogen-bond acceptors (Lipinski definition) is 3. The summed E-state index contributed by atoms with van der Waals surface area (Å²) < 4.78 is 26.9. The number of benzene rings is 1. The zero-order valence-corrected chi connectivity index (χ0v) is 11.0. The average Bonchev–Trinajstić information content (AvgIpc) is 2.36. The molecular formula is C14H15F2N3. The van der Waals surface area contributed by atoms with Crippen LogP contribution in [0.2, 0.25) is 0 Å². The minimum Gasteiger partial charge on any atom is -0.309 e. The second kappa shape index (κ2) is 5.40. The van der Waals surface area contributed by atoms with Crippen LogP contribution in [-0.4, -0.2) is 17.2 Å². The lowest BCUT2D eigenvalue weighted by Gasteiger charge is -2.19. The minimum atomic E-state index is -0.586. The molecule has 0 fully saturated rings. The van der Waals surface area contributed by atoms with Gasteiger partial charge in [0.05, 0.1) is 17.4 Å². The highest BCUT2D eigenvalue weighted by atomic mass is 19.1. The normalized spacial score (nSPS) is 12.5.